The number of hydrogen-bond acceptors (Lipinski definition) is 5. The summed E-state index contributed by atoms with van der Waals surface area (Å²) in [7, 11) is 3.45. The molecule has 2 heterocycles. The van der Waals surface area contributed by atoms with Crippen LogP contribution in [0.15, 0.2) is 48.7 Å². The number of nitrogens with zero attached hydrogens (tertiary/aromatic N) is 3. The molecule has 6 nitrogen and oxygen atoms in total. The fraction of sp³-hybridized carbons (Fsp3) is 0.409. The largest absolute Gasteiger partial charge is 0.465 e. The molecule has 28 heavy (non-hydrogen) atoms. The van der Waals surface area contributed by atoms with Crippen molar-refractivity contribution in [3.8, 4) is 0 Å². The number of pyridine rings is 1. The van der Waals surface area contributed by atoms with Gasteiger partial charge in [-0.05, 0) is 57.2 Å². The number of esters is 1. The Kier molecular flexibility index (Phi) is 6.76. The Bertz CT molecular complexity index is 784. The van der Waals surface area contributed by atoms with Gasteiger partial charge in [-0.15, -0.1) is 0 Å². The van der Waals surface area contributed by atoms with E-state index >= 15 is 0 Å². The number of aromatic nitrogens is 1. The maximum Gasteiger partial charge on any atom is 0.339 e. The van der Waals surface area contributed by atoms with Crippen LogP contribution in [0.3, 0.4) is 0 Å². The van der Waals surface area contributed by atoms with E-state index in [1.165, 1.54) is 13.3 Å². The van der Waals surface area contributed by atoms with E-state index in [-0.39, 0.29) is 11.8 Å². The Morgan fingerprint density at radius 2 is 1.86 bits per heavy atom. The minimum Gasteiger partial charge on any atom is -0.465 e. The number of benzene rings is 1. The van der Waals surface area contributed by atoms with E-state index in [1.807, 2.05) is 41.3 Å². The molecule has 3 rings (SSSR count). The molecule has 1 aliphatic rings. The first kappa shape index (κ1) is 20.0. The maximum atomic E-state index is 13.2. The fourth-order valence-electron chi connectivity index (χ4n) is 3.49. The number of ether oxygens (including phenoxy) is 1. The van der Waals surface area contributed by atoms with Crippen molar-refractivity contribution in [2.75, 3.05) is 38.7 Å². The number of carbonyl (C=O) groups is 2. The lowest BCUT2D eigenvalue weighted by Gasteiger charge is -2.32. The smallest absolute Gasteiger partial charge is 0.339 e. The van der Waals surface area contributed by atoms with Gasteiger partial charge in [0.25, 0.3) is 0 Å². The van der Waals surface area contributed by atoms with E-state index in [4.69, 9.17) is 4.74 Å². The highest BCUT2D eigenvalue weighted by molar-refractivity contribution is 5.95. The van der Waals surface area contributed by atoms with Gasteiger partial charge in [-0.1, -0.05) is 18.2 Å². The van der Waals surface area contributed by atoms with E-state index < -0.39 is 5.97 Å². The molecule has 1 saturated heterocycles. The van der Waals surface area contributed by atoms with Gasteiger partial charge in [0.2, 0.25) is 5.91 Å². The molecule has 1 aromatic carbocycles. The third-order valence-corrected chi connectivity index (χ3v) is 5.24. The van der Waals surface area contributed by atoms with Gasteiger partial charge in [0.15, 0.2) is 0 Å². The van der Waals surface area contributed by atoms with Gasteiger partial charge in [0, 0.05) is 36.5 Å². The van der Waals surface area contributed by atoms with Crippen molar-refractivity contribution in [3.05, 3.63) is 59.9 Å². The van der Waals surface area contributed by atoms with E-state index in [1.54, 1.807) is 6.07 Å². The molecule has 1 fully saturated rings. The van der Waals surface area contributed by atoms with Gasteiger partial charge in [-0.25, -0.2) is 4.79 Å². The molecular formula is C22H27N3O3. The Labute approximate surface area is 166 Å². The zero-order chi connectivity index (χ0) is 19.9. The second kappa shape index (κ2) is 9.46. The lowest BCUT2D eigenvalue weighted by molar-refractivity contribution is -0.123. The van der Waals surface area contributed by atoms with Gasteiger partial charge < -0.3 is 14.5 Å². The maximum absolute atomic E-state index is 13.2. The average molecular weight is 381 g/mol. The number of amides is 1. The summed E-state index contributed by atoms with van der Waals surface area (Å²) in [6.45, 7) is 2.46. The number of rotatable bonds is 6. The third kappa shape index (κ3) is 4.95. The van der Waals surface area contributed by atoms with Gasteiger partial charge >= 0.3 is 5.97 Å². The van der Waals surface area contributed by atoms with Crippen LogP contribution in [0.4, 0.5) is 5.69 Å². The molecule has 0 unspecified atom stereocenters. The lowest BCUT2D eigenvalue weighted by atomic mass is 9.95. The van der Waals surface area contributed by atoms with Gasteiger partial charge in [-0.2, -0.15) is 0 Å². The SMILES string of the molecule is COC(=O)c1ccc(CCN(C(=O)C2CCN(C)CC2)c2ccccc2)nc1. The zero-order valence-corrected chi connectivity index (χ0v) is 16.5. The number of likely N-dealkylation sites (tertiary alicyclic amines) is 1. The molecule has 1 amide bonds. The molecule has 148 valence electrons. The molecule has 0 bridgehead atoms. The third-order valence-electron chi connectivity index (χ3n) is 5.24. The highest BCUT2D eigenvalue weighted by Gasteiger charge is 2.28. The summed E-state index contributed by atoms with van der Waals surface area (Å²) in [5.74, 6) is -0.154. The summed E-state index contributed by atoms with van der Waals surface area (Å²) >= 11 is 0. The van der Waals surface area contributed by atoms with Gasteiger partial charge in [0.05, 0.1) is 12.7 Å². The van der Waals surface area contributed by atoms with E-state index in [9.17, 15) is 9.59 Å². The molecule has 1 aromatic heterocycles. The van der Waals surface area contributed by atoms with Crippen LogP contribution in [0.2, 0.25) is 0 Å². The summed E-state index contributed by atoms with van der Waals surface area (Å²) in [5, 5.41) is 0. The first-order chi connectivity index (χ1) is 13.6. The van der Waals surface area contributed by atoms with E-state index in [0.29, 0.717) is 18.5 Å². The average Bonchev–Trinajstić information content (AvgIpc) is 2.75. The molecule has 6 heteroatoms. The first-order valence-electron chi connectivity index (χ1n) is 9.66. The Morgan fingerprint density at radius 3 is 2.46 bits per heavy atom. The predicted molar refractivity (Wildman–Crippen MR) is 108 cm³/mol. The highest BCUT2D eigenvalue weighted by Crippen LogP contribution is 2.23. The standard InChI is InChI=1S/C22H27N3O3/c1-24-13-10-17(11-14-24)21(26)25(20-6-4-3-5-7-20)15-12-19-9-8-18(16-23-19)22(27)28-2/h3-9,16-17H,10-15H2,1-2H3. The second-order valence-corrected chi connectivity index (χ2v) is 7.18. The molecule has 0 saturated carbocycles. The number of anilines is 1. The summed E-state index contributed by atoms with van der Waals surface area (Å²) in [6.07, 6.45) is 3.93. The molecule has 0 N–H and O–H groups in total. The second-order valence-electron chi connectivity index (χ2n) is 7.18. The molecule has 1 aliphatic heterocycles. The van der Waals surface area contributed by atoms with Crippen molar-refractivity contribution >= 4 is 17.6 Å². The lowest BCUT2D eigenvalue weighted by Crippen LogP contribution is -2.42. The molecule has 2 aromatic rings. The van der Waals surface area contributed by atoms with Crippen LogP contribution >= 0.6 is 0 Å². The summed E-state index contributed by atoms with van der Waals surface area (Å²) in [6, 6.07) is 13.3. The van der Waals surface area contributed by atoms with Crippen LogP contribution < -0.4 is 4.90 Å². The van der Waals surface area contributed by atoms with Crippen molar-refractivity contribution in [2.45, 2.75) is 19.3 Å². The Hall–Kier alpha value is -2.73. The van der Waals surface area contributed by atoms with Crippen molar-refractivity contribution in [3.63, 3.8) is 0 Å². The number of hydrogen-bond donors (Lipinski definition) is 0. The number of para-hydroxylation sites is 1. The van der Waals surface area contributed by atoms with Crippen molar-refractivity contribution in [1.29, 1.82) is 0 Å². The van der Waals surface area contributed by atoms with Crippen LogP contribution in [0.5, 0.6) is 0 Å². The number of piperidine rings is 1. The molecule has 0 aliphatic carbocycles. The van der Waals surface area contributed by atoms with Gasteiger partial charge in [-0.3, -0.25) is 9.78 Å². The van der Waals surface area contributed by atoms with Crippen LogP contribution in [0, 0.1) is 5.92 Å². The Morgan fingerprint density at radius 1 is 1.14 bits per heavy atom. The summed E-state index contributed by atoms with van der Waals surface area (Å²) in [4.78, 5) is 33.3. The van der Waals surface area contributed by atoms with E-state index in [2.05, 4.69) is 16.9 Å². The minimum atomic E-state index is -0.401. The topological polar surface area (TPSA) is 62.7 Å². The van der Waals surface area contributed by atoms with Gasteiger partial charge in [0.1, 0.15) is 0 Å². The molecule has 0 spiro atoms. The number of methoxy groups -OCH3 is 1. The monoisotopic (exact) mass is 381 g/mol. The van der Waals surface area contributed by atoms with Crippen LogP contribution in [-0.4, -0.2) is 55.6 Å². The molecule has 0 radical (unpaired) electrons. The van der Waals surface area contributed by atoms with Crippen LogP contribution in [0.25, 0.3) is 0 Å². The molecule has 0 atom stereocenters. The zero-order valence-electron chi connectivity index (χ0n) is 16.5. The number of carbonyl (C=O) groups excluding carboxylic acids is 2. The van der Waals surface area contributed by atoms with Crippen LogP contribution in [-0.2, 0) is 16.0 Å². The van der Waals surface area contributed by atoms with Crippen LogP contribution in [0.1, 0.15) is 28.9 Å². The highest BCUT2D eigenvalue weighted by atomic mass is 16.5. The molecular weight excluding hydrogens is 354 g/mol. The van der Waals surface area contributed by atoms with Crippen molar-refractivity contribution in [2.24, 2.45) is 5.92 Å². The van der Waals surface area contributed by atoms with E-state index in [0.717, 1.165) is 37.3 Å². The Balaban J connectivity index is 1.71. The summed E-state index contributed by atoms with van der Waals surface area (Å²) in [5.41, 5.74) is 2.18. The predicted octanol–water partition coefficient (Wildman–Crippen LogP) is 2.79. The van der Waals surface area contributed by atoms with Crippen molar-refractivity contribution in [1.82, 2.24) is 9.88 Å². The normalized spacial score (nSPS) is 15.2. The summed E-state index contributed by atoms with van der Waals surface area (Å²) < 4.78 is 4.70. The van der Waals surface area contributed by atoms with Crippen molar-refractivity contribution < 1.29 is 14.3 Å². The fourth-order valence-corrected chi connectivity index (χ4v) is 3.49. The quantitative estimate of drug-likeness (QED) is 0.720. The first-order valence-corrected chi connectivity index (χ1v) is 9.66. The minimum absolute atomic E-state index is 0.0612.